The van der Waals surface area contributed by atoms with E-state index in [0.29, 0.717) is 12.8 Å². The van der Waals surface area contributed by atoms with Crippen LogP contribution in [0.1, 0.15) is 34.8 Å². The Kier molecular flexibility index (Phi) is 5.11. The second kappa shape index (κ2) is 6.90. The predicted molar refractivity (Wildman–Crippen MR) is 78.3 cm³/mol. The quantitative estimate of drug-likeness (QED) is 0.771. The van der Waals surface area contributed by atoms with Crippen LogP contribution in [0.15, 0.2) is 36.4 Å². The average Bonchev–Trinajstić information content (AvgIpc) is 2.46. The van der Waals surface area contributed by atoms with Gasteiger partial charge in [-0.1, -0.05) is 13.3 Å². The number of aromatic carboxylic acids is 1. The van der Waals surface area contributed by atoms with E-state index in [2.05, 4.69) is 4.74 Å². The largest absolute Gasteiger partial charge is 0.478 e. The highest BCUT2D eigenvalue weighted by Gasteiger charge is 2.41. The summed E-state index contributed by atoms with van der Waals surface area (Å²) in [6.45, 7) is 1.79. The van der Waals surface area contributed by atoms with Gasteiger partial charge in [-0.15, -0.1) is 0 Å². The van der Waals surface area contributed by atoms with Crippen molar-refractivity contribution in [1.82, 2.24) is 0 Å². The molecule has 0 saturated heterocycles. The van der Waals surface area contributed by atoms with E-state index >= 15 is 0 Å². The molecule has 0 fully saturated rings. The summed E-state index contributed by atoms with van der Waals surface area (Å²) in [4.78, 5) is 10.7. The number of carboxylic acids is 1. The Morgan fingerprint density at radius 2 is 1.67 bits per heavy atom. The Hall–Kier alpha value is -2.57. The fourth-order valence-corrected chi connectivity index (χ4v) is 2.20. The van der Waals surface area contributed by atoms with Crippen molar-refractivity contribution in [3.8, 4) is 5.75 Å². The zero-order valence-electron chi connectivity index (χ0n) is 12.7. The highest BCUT2D eigenvalue weighted by molar-refractivity contribution is 5.87. The zero-order chi connectivity index (χ0) is 17.9. The number of rotatable bonds is 6. The van der Waals surface area contributed by atoms with Gasteiger partial charge in [-0.05, 0) is 48.4 Å². The SMILES string of the molecule is CCCc1cc(F)c(C(F)(F)Oc2ccc(C(=O)O)cc2)c(F)c1. The van der Waals surface area contributed by atoms with Crippen LogP contribution >= 0.6 is 0 Å². The second-order valence-corrected chi connectivity index (χ2v) is 5.13. The van der Waals surface area contributed by atoms with Gasteiger partial charge in [-0.2, -0.15) is 8.78 Å². The van der Waals surface area contributed by atoms with Crippen LogP contribution in [-0.2, 0) is 12.5 Å². The Morgan fingerprint density at radius 1 is 1.12 bits per heavy atom. The number of halogens is 4. The molecule has 0 aliphatic rings. The molecule has 0 aromatic heterocycles. The van der Waals surface area contributed by atoms with Gasteiger partial charge in [0.15, 0.2) is 0 Å². The summed E-state index contributed by atoms with van der Waals surface area (Å²) in [6, 6.07) is 5.77. The van der Waals surface area contributed by atoms with Crippen LogP contribution in [-0.4, -0.2) is 11.1 Å². The van der Waals surface area contributed by atoms with Crippen LogP contribution in [0.4, 0.5) is 17.6 Å². The van der Waals surface area contributed by atoms with E-state index in [1.807, 2.05) is 0 Å². The van der Waals surface area contributed by atoms with E-state index in [1.54, 1.807) is 6.92 Å². The minimum absolute atomic E-state index is 0.132. The molecule has 3 nitrogen and oxygen atoms in total. The van der Waals surface area contributed by atoms with Crippen LogP contribution < -0.4 is 4.74 Å². The van der Waals surface area contributed by atoms with Crippen LogP contribution in [0.25, 0.3) is 0 Å². The molecule has 24 heavy (non-hydrogen) atoms. The molecule has 0 bridgehead atoms. The topological polar surface area (TPSA) is 46.5 Å². The molecule has 0 heterocycles. The molecule has 0 amide bonds. The van der Waals surface area contributed by atoms with E-state index in [0.717, 1.165) is 36.4 Å². The Labute approximate surface area is 135 Å². The van der Waals surface area contributed by atoms with Crippen LogP contribution in [0.5, 0.6) is 5.75 Å². The van der Waals surface area contributed by atoms with Gasteiger partial charge in [0.1, 0.15) is 22.9 Å². The van der Waals surface area contributed by atoms with Gasteiger partial charge in [0.25, 0.3) is 0 Å². The molecule has 7 heteroatoms. The summed E-state index contributed by atoms with van der Waals surface area (Å²) in [5.74, 6) is -4.45. The van der Waals surface area contributed by atoms with Gasteiger partial charge in [-0.3, -0.25) is 0 Å². The second-order valence-electron chi connectivity index (χ2n) is 5.13. The molecular formula is C17H14F4O3. The molecule has 0 aliphatic heterocycles. The lowest BCUT2D eigenvalue weighted by molar-refractivity contribution is -0.189. The van der Waals surface area contributed by atoms with Gasteiger partial charge >= 0.3 is 12.1 Å². The summed E-state index contributed by atoms with van der Waals surface area (Å²) in [5.41, 5.74) is -1.34. The zero-order valence-corrected chi connectivity index (χ0v) is 12.7. The van der Waals surface area contributed by atoms with Crippen LogP contribution in [0.3, 0.4) is 0 Å². The Bertz CT molecular complexity index is 719. The predicted octanol–water partition coefficient (Wildman–Crippen LogP) is 4.74. The molecule has 1 N–H and O–H groups in total. The molecule has 2 aromatic carbocycles. The summed E-state index contributed by atoms with van der Waals surface area (Å²) in [7, 11) is 0. The van der Waals surface area contributed by atoms with E-state index in [4.69, 9.17) is 5.11 Å². The summed E-state index contributed by atoms with van der Waals surface area (Å²) in [6.07, 6.45) is -3.28. The first-order valence-electron chi connectivity index (χ1n) is 7.13. The third-order valence-corrected chi connectivity index (χ3v) is 3.28. The molecule has 0 atom stereocenters. The number of hydrogen-bond acceptors (Lipinski definition) is 2. The summed E-state index contributed by atoms with van der Waals surface area (Å²) < 4.78 is 60.5. The van der Waals surface area contributed by atoms with Crippen molar-refractivity contribution in [2.45, 2.75) is 25.9 Å². The average molecular weight is 342 g/mol. The van der Waals surface area contributed by atoms with E-state index in [1.165, 1.54) is 0 Å². The van der Waals surface area contributed by atoms with Crippen molar-refractivity contribution in [2.24, 2.45) is 0 Å². The van der Waals surface area contributed by atoms with E-state index in [9.17, 15) is 22.4 Å². The van der Waals surface area contributed by atoms with Crippen molar-refractivity contribution < 1.29 is 32.2 Å². The Morgan fingerprint density at radius 3 is 2.12 bits per heavy atom. The number of aryl methyl sites for hydroxylation is 1. The van der Waals surface area contributed by atoms with Gasteiger partial charge in [0.2, 0.25) is 0 Å². The van der Waals surface area contributed by atoms with Gasteiger partial charge in [-0.25, -0.2) is 13.6 Å². The summed E-state index contributed by atoms with van der Waals surface area (Å²) >= 11 is 0. The van der Waals surface area contributed by atoms with Crippen LogP contribution in [0.2, 0.25) is 0 Å². The van der Waals surface area contributed by atoms with Crippen molar-refractivity contribution in [3.63, 3.8) is 0 Å². The fraction of sp³-hybridized carbons (Fsp3) is 0.235. The molecule has 0 aliphatic carbocycles. The van der Waals surface area contributed by atoms with Crippen molar-refractivity contribution in [3.05, 3.63) is 64.7 Å². The minimum Gasteiger partial charge on any atom is -0.478 e. The first-order chi connectivity index (χ1) is 11.2. The maximum Gasteiger partial charge on any atom is 0.432 e. The number of hydrogen-bond donors (Lipinski definition) is 1. The van der Waals surface area contributed by atoms with Crippen molar-refractivity contribution >= 4 is 5.97 Å². The van der Waals surface area contributed by atoms with Crippen molar-refractivity contribution in [2.75, 3.05) is 0 Å². The number of ether oxygens (including phenoxy) is 1. The normalized spacial score (nSPS) is 11.4. The van der Waals surface area contributed by atoms with Gasteiger partial charge in [0.05, 0.1) is 5.56 Å². The smallest absolute Gasteiger partial charge is 0.432 e. The molecule has 0 unspecified atom stereocenters. The first kappa shape index (κ1) is 17.8. The fourth-order valence-electron chi connectivity index (χ4n) is 2.20. The molecule has 0 saturated carbocycles. The van der Waals surface area contributed by atoms with Crippen molar-refractivity contribution in [1.29, 1.82) is 0 Å². The maximum atomic E-state index is 14.1. The Balaban J connectivity index is 2.31. The van der Waals surface area contributed by atoms with Gasteiger partial charge < -0.3 is 9.84 Å². The summed E-state index contributed by atoms with van der Waals surface area (Å²) in [5, 5.41) is 8.74. The third kappa shape index (κ3) is 3.84. The number of carbonyl (C=O) groups is 1. The lowest BCUT2D eigenvalue weighted by Crippen LogP contribution is -2.25. The highest BCUT2D eigenvalue weighted by Crippen LogP contribution is 2.35. The number of carboxylic acid groups (broad SMARTS) is 1. The molecule has 0 radical (unpaired) electrons. The molecule has 2 rings (SSSR count). The number of benzene rings is 2. The standard InChI is InChI=1S/C17H14F4O3/c1-2-3-10-8-13(18)15(14(19)9-10)17(20,21)24-12-6-4-11(5-7-12)16(22)23/h4-9H,2-3H2,1H3,(H,22,23). The van der Waals surface area contributed by atoms with Gasteiger partial charge in [0, 0.05) is 0 Å². The number of alkyl halides is 2. The molecule has 128 valence electrons. The van der Waals surface area contributed by atoms with Crippen LogP contribution in [0, 0.1) is 11.6 Å². The molecule has 0 spiro atoms. The minimum atomic E-state index is -4.25. The first-order valence-corrected chi connectivity index (χ1v) is 7.13. The molecule has 2 aromatic rings. The lowest BCUT2D eigenvalue weighted by Gasteiger charge is -2.20. The molecular weight excluding hydrogens is 328 g/mol. The maximum absolute atomic E-state index is 14.1. The highest BCUT2D eigenvalue weighted by atomic mass is 19.3. The monoisotopic (exact) mass is 342 g/mol. The van der Waals surface area contributed by atoms with E-state index < -0.39 is 35.0 Å². The third-order valence-electron chi connectivity index (χ3n) is 3.28. The lowest BCUT2D eigenvalue weighted by atomic mass is 10.1. The van der Waals surface area contributed by atoms with E-state index in [-0.39, 0.29) is 11.1 Å².